The summed E-state index contributed by atoms with van der Waals surface area (Å²) in [5, 5.41) is 6.80. The lowest BCUT2D eigenvalue weighted by Crippen LogP contribution is -2.23. The van der Waals surface area contributed by atoms with Crippen LogP contribution in [0, 0.1) is 27.7 Å². The summed E-state index contributed by atoms with van der Waals surface area (Å²) in [7, 11) is 0. The molecule has 1 aliphatic carbocycles. The summed E-state index contributed by atoms with van der Waals surface area (Å²) < 4.78 is 0. The van der Waals surface area contributed by atoms with Gasteiger partial charge in [0.2, 0.25) is 0 Å². The van der Waals surface area contributed by atoms with Crippen LogP contribution < -0.4 is 10.6 Å². The monoisotopic (exact) mass is 446 g/mol. The zero-order valence-electron chi connectivity index (χ0n) is 19.7. The molecule has 0 bridgehead atoms. The SMILES string of the molecule is Cc1ccc(Nc2cccc3c2C(=O)c2c(Nc4ccc(C)cc4C)cccc2C3=O)c(C)c1. The Balaban J connectivity index is 1.61. The second-order valence-corrected chi connectivity index (χ2v) is 9.00. The highest BCUT2D eigenvalue weighted by Crippen LogP contribution is 2.38. The van der Waals surface area contributed by atoms with Crippen molar-refractivity contribution >= 4 is 34.3 Å². The zero-order valence-corrected chi connectivity index (χ0v) is 19.7. The van der Waals surface area contributed by atoms with E-state index in [0.717, 1.165) is 22.5 Å². The van der Waals surface area contributed by atoms with Gasteiger partial charge in [0.1, 0.15) is 0 Å². The van der Waals surface area contributed by atoms with Crippen molar-refractivity contribution in [3.05, 3.63) is 117 Å². The number of carbonyl (C=O) groups is 2. The Bertz CT molecular complexity index is 1370. The van der Waals surface area contributed by atoms with Gasteiger partial charge in [0, 0.05) is 22.5 Å². The minimum Gasteiger partial charge on any atom is -0.355 e. The Labute approximate surface area is 199 Å². The number of carbonyl (C=O) groups excluding carboxylic acids is 2. The fourth-order valence-corrected chi connectivity index (χ4v) is 4.65. The minimum absolute atomic E-state index is 0.141. The van der Waals surface area contributed by atoms with Crippen LogP contribution in [0.5, 0.6) is 0 Å². The van der Waals surface area contributed by atoms with Crippen molar-refractivity contribution < 1.29 is 9.59 Å². The van der Waals surface area contributed by atoms with Gasteiger partial charge in [-0.25, -0.2) is 0 Å². The number of anilines is 4. The lowest BCUT2D eigenvalue weighted by Gasteiger charge is -2.24. The molecule has 4 aromatic carbocycles. The maximum absolute atomic E-state index is 13.9. The molecule has 168 valence electrons. The number of hydrogen-bond acceptors (Lipinski definition) is 4. The summed E-state index contributed by atoms with van der Waals surface area (Å²) in [4.78, 5) is 27.4. The van der Waals surface area contributed by atoms with E-state index >= 15 is 0 Å². The van der Waals surface area contributed by atoms with Crippen molar-refractivity contribution in [2.45, 2.75) is 27.7 Å². The van der Waals surface area contributed by atoms with Crippen LogP contribution in [0.15, 0.2) is 72.8 Å². The lowest BCUT2D eigenvalue weighted by atomic mass is 9.82. The van der Waals surface area contributed by atoms with Crippen LogP contribution in [-0.2, 0) is 0 Å². The average Bonchev–Trinajstić information content (AvgIpc) is 2.81. The molecule has 5 rings (SSSR count). The fourth-order valence-electron chi connectivity index (χ4n) is 4.65. The molecule has 0 aromatic heterocycles. The van der Waals surface area contributed by atoms with Gasteiger partial charge in [0.25, 0.3) is 0 Å². The topological polar surface area (TPSA) is 58.2 Å². The summed E-state index contributed by atoms with van der Waals surface area (Å²) in [5.74, 6) is -0.302. The van der Waals surface area contributed by atoms with Crippen LogP contribution in [0.4, 0.5) is 22.7 Å². The number of aryl methyl sites for hydroxylation is 4. The zero-order chi connectivity index (χ0) is 24.0. The molecule has 0 aliphatic heterocycles. The first-order chi connectivity index (χ1) is 16.3. The van der Waals surface area contributed by atoms with Crippen molar-refractivity contribution in [3.8, 4) is 0 Å². The van der Waals surface area contributed by atoms with E-state index in [1.54, 1.807) is 12.1 Å². The number of rotatable bonds is 4. The molecule has 0 saturated heterocycles. The fraction of sp³-hybridized carbons (Fsp3) is 0.133. The molecular weight excluding hydrogens is 420 g/mol. The molecule has 0 amide bonds. The lowest BCUT2D eigenvalue weighted by molar-refractivity contribution is 0.0980. The van der Waals surface area contributed by atoms with Crippen LogP contribution >= 0.6 is 0 Å². The average molecular weight is 447 g/mol. The Morgan fingerprint density at radius 1 is 0.500 bits per heavy atom. The van der Waals surface area contributed by atoms with Crippen molar-refractivity contribution in [1.29, 1.82) is 0 Å². The third-order valence-electron chi connectivity index (χ3n) is 6.37. The van der Waals surface area contributed by atoms with Crippen molar-refractivity contribution in [1.82, 2.24) is 0 Å². The highest BCUT2D eigenvalue weighted by molar-refractivity contribution is 6.32. The first-order valence-electron chi connectivity index (χ1n) is 11.4. The van der Waals surface area contributed by atoms with Crippen molar-refractivity contribution in [2.24, 2.45) is 0 Å². The largest absolute Gasteiger partial charge is 0.355 e. The van der Waals surface area contributed by atoms with E-state index < -0.39 is 0 Å². The molecule has 1 aliphatic rings. The third-order valence-corrected chi connectivity index (χ3v) is 6.37. The van der Waals surface area contributed by atoms with E-state index in [9.17, 15) is 9.59 Å². The summed E-state index contributed by atoms with van der Waals surface area (Å²) >= 11 is 0. The molecule has 4 heteroatoms. The van der Waals surface area contributed by atoms with Crippen molar-refractivity contribution in [3.63, 3.8) is 0 Å². The van der Waals surface area contributed by atoms with Crippen LogP contribution in [0.2, 0.25) is 0 Å². The first kappa shape index (κ1) is 21.7. The van der Waals surface area contributed by atoms with Crippen LogP contribution in [0.3, 0.4) is 0 Å². The van der Waals surface area contributed by atoms with Crippen LogP contribution in [0.25, 0.3) is 0 Å². The number of benzene rings is 4. The van der Waals surface area contributed by atoms with E-state index in [1.807, 2.05) is 76.2 Å². The van der Waals surface area contributed by atoms with Crippen LogP contribution in [0.1, 0.15) is 54.1 Å². The second kappa shape index (κ2) is 8.31. The van der Waals surface area contributed by atoms with Gasteiger partial charge in [-0.3, -0.25) is 9.59 Å². The predicted molar refractivity (Wildman–Crippen MR) is 138 cm³/mol. The maximum Gasteiger partial charge on any atom is 0.198 e. The number of nitrogens with one attached hydrogen (secondary N) is 2. The van der Waals surface area contributed by atoms with Gasteiger partial charge in [0.15, 0.2) is 11.6 Å². The number of hydrogen-bond donors (Lipinski definition) is 2. The van der Waals surface area contributed by atoms with Crippen LogP contribution in [-0.4, -0.2) is 11.6 Å². The number of fused-ring (bicyclic) bond motifs is 2. The minimum atomic E-state index is -0.162. The molecule has 0 fully saturated rings. The highest BCUT2D eigenvalue weighted by atomic mass is 16.1. The van der Waals surface area contributed by atoms with E-state index in [2.05, 4.69) is 22.8 Å². The molecular formula is C30H26N2O2. The molecule has 0 unspecified atom stereocenters. The molecule has 4 nitrogen and oxygen atoms in total. The van der Waals surface area contributed by atoms with Gasteiger partial charge in [-0.2, -0.15) is 0 Å². The van der Waals surface area contributed by atoms with Gasteiger partial charge in [-0.15, -0.1) is 0 Å². The maximum atomic E-state index is 13.9. The van der Waals surface area contributed by atoms with Gasteiger partial charge >= 0.3 is 0 Å². The summed E-state index contributed by atoms with van der Waals surface area (Å²) in [6, 6.07) is 23.0. The standard InChI is InChI=1S/C30H26N2O2/c1-17-11-13-23(19(3)15-17)31-25-9-5-7-21-27(25)30(34)28-22(29(21)33)8-6-10-26(28)32-24-14-12-18(2)16-20(24)4/h5-16,31-32H,1-4H3. The third kappa shape index (κ3) is 3.67. The van der Waals surface area contributed by atoms with Gasteiger partial charge in [-0.05, 0) is 63.1 Å². The summed E-state index contributed by atoms with van der Waals surface area (Å²) in [5.41, 5.74) is 9.25. The van der Waals surface area contributed by atoms with E-state index in [4.69, 9.17) is 0 Å². The molecule has 0 spiro atoms. The predicted octanol–water partition coefficient (Wildman–Crippen LogP) is 7.18. The molecule has 0 radical (unpaired) electrons. The van der Waals surface area contributed by atoms with Gasteiger partial charge < -0.3 is 10.6 Å². The Kier molecular flexibility index (Phi) is 5.29. The van der Waals surface area contributed by atoms with E-state index in [1.165, 1.54) is 11.1 Å². The summed E-state index contributed by atoms with van der Waals surface area (Å²) in [6.07, 6.45) is 0. The highest BCUT2D eigenvalue weighted by Gasteiger charge is 2.33. The Morgan fingerprint density at radius 2 is 0.941 bits per heavy atom. The molecule has 0 atom stereocenters. The van der Waals surface area contributed by atoms with E-state index in [0.29, 0.717) is 33.6 Å². The smallest absolute Gasteiger partial charge is 0.198 e. The normalized spacial score (nSPS) is 12.2. The molecule has 0 saturated carbocycles. The van der Waals surface area contributed by atoms with Gasteiger partial charge in [-0.1, -0.05) is 59.7 Å². The first-order valence-corrected chi connectivity index (χ1v) is 11.4. The van der Waals surface area contributed by atoms with E-state index in [-0.39, 0.29) is 11.6 Å². The van der Waals surface area contributed by atoms with Crippen molar-refractivity contribution in [2.75, 3.05) is 10.6 Å². The molecule has 34 heavy (non-hydrogen) atoms. The Hall–Kier alpha value is -4.18. The summed E-state index contributed by atoms with van der Waals surface area (Å²) in [6.45, 7) is 8.15. The molecule has 0 heterocycles. The molecule has 4 aromatic rings. The Morgan fingerprint density at radius 3 is 1.35 bits per heavy atom. The number of ketones is 2. The quantitative estimate of drug-likeness (QED) is 0.307. The molecule has 2 N–H and O–H groups in total. The second-order valence-electron chi connectivity index (χ2n) is 9.00. The van der Waals surface area contributed by atoms with Gasteiger partial charge in [0.05, 0.1) is 22.5 Å².